The fraction of sp³-hybridized carbons (Fsp3) is 0.417. The lowest BCUT2D eigenvalue weighted by molar-refractivity contribution is 0.497. The summed E-state index contributed by atoms with van der Waals surface area (Å²) in [6.45, 7) is 4.33. The van der Waals surface area contributed by atoms with Crippen LogP contribution in [0.5, 0.6) is 0 Å². The van der Waals surface area contributed by atoms with Crippen LogP contribution in [0.3, 0.4) is 0 Å². The van der Waals surface area contributed by atoms with Crippen molar-refractivity contribution in [3.8, 4) is 11.4 Å². The third-order valence-corrected chi connectivity index (χ3v) is 3.50. The molecule has 2 aromatic rings. The molecule has 0 aliphatic heterocycles. The molecule has 1 aromatic carbocycles. The van der Waals surface area contributed by atoms with Crippen molar-refractivity contribution in [3.05, 3.63) is 24.0 Å². The minimum atomic E-state index is -0.359. The summed E-state index contributed by atoms with van der Waals surface area (Å²) in [5.74, 6) is 0.241. The maximum atomic E-state index is 13.0. The molecular formula is C12H14FN5. The summed E-state index contributed by atoms with van der Waals surface area (Å²) < 4.78 is 14.8. The predicted octanol–water partition coefficient (Wildman–Crippen LogP) is 2.03. The summed E-state index contributed by atoms with van der Waals surface area (Å²) in [6, 6.07) is 4.55. The Morgan fingerprint density at radius 3 is 2.78 bits per heavy atom. The van der Waals surface area contributed by atoms with Crippen molar-refractivity contribution in [2.45, 2.75) is 26.3 Å². The van der Waals surface area contributed by atoms with Gasteiger partial charge in [0, 0.05) is 11.3 Å². The van der Waals surface area contributed by atoms with Crippen molar-refractivity contribution >= 4 is 5.69 Å². The second-order valence-corrected chi connectivity index (χ2v) is 5.39. The van der Waals surface area contributed by atoms with Crippen LogP contribution in [0.15, 0.2) is 18.2 Å². The average molecular weight is 247 g/mol. The second-order valence-electron chi connectivity index (χ2n) is 5.39. The zero-order valence-corrected chi connectivity index (χ0v) is 10.3. The number of nitrogen functional groups attached to an aromatic ring is 1. The van der Waals surface area contributed by atoms with Crippen LogP contribution < -0.4 is 5.73 Å². The van der Waals surface area contributed by atoms with Crippen molar-refractivity contribution in [2.24, 2.45) is 5.41 Å². The van der Waals surface area contributed by atoms with Crippen molar-refractivity contribution in [2.75, 3.05) is 5.73 Å². The molecule has 0 bridgehead atoms. The van der Waals surface area contributed by atoms with Gasteiger partial charge >= 0.3 is 0 Å². The molecule has 5 nitrogen and oxygen atoms in total. The van der Waals surface area contributed by atoms with E-state index in [1.54, 1.807) is 10.7 Å². The number of anilines is 1. The molecule has 1 heterocycles. The van der Waals surface area contributed by atoms with Gasteiger partial charge in [-0.25, -0.2) is 9.07 Å². The van der Waals surface area contributed by atoms with Gasteiger partial charge in [0.15, 0.2) is 5.82 Å². The molecule has 1 aromatic heterocycles. The smallest absolute Gasteiger partial charge is 0.184 e. The number of aromatic nitrogens is 4. The van der Waals surface area contributed by atoms with Crippen molar-refractivity contribution in [1.82, 2.24) is 20.2 Å². The minimum absolute atomic E-state index is 0.207. The van der Waals surface area contributed by atoms with E-state index in [-0.39, 0.29) is 17.3 Å². The Kier molecular flexibility index (Phi) is 2.17. The van der Waals surface area contributed by atoms with Gasteiger partial charge in [0.05, 0.1) is 6.04 Å². The van der Waals surface area contributed by atoms with Crippen LogP contribution in [0, 0.1) is 11.2 Å². The van der Waals surface area contributed by atoms with Crippen LogP contribution in [0.4, 0.5) is 10.1 Å². The number of nitrogens with two attached hydrogens (primary N) is 1. The molecule has 6 heteroatoms. The van der Waals surface area contributed by atoms with Crippen LogP contribution in [-0.2, 0) is 0 Å². The molecule has 94 valence electrons. The van der Waals surface area contributed by atoms with Gasteiger partial charge in [0.25, 0.3) is 0 Å². The van der Waals surface area contributed by atoms with Crippen LogP contribution in [0.2, 0.25) is 0 Å². The molecule has 3 rings (SSSR count). The van der Waals surface area contributed by atoms with E-state index in [0.29, 0.717) is 17.1 Å². The Balaban J connectivity index is 2.05. The van der Waals surface area contributed by atoms with Gasteiger partial charge in [-0.2, -0.15) is 0 Å². The summed E-state index contributed by atoms with van der Waals surface area (Å²) in [5, 5.41) is 11.7. The molecule has 18 heavy (non-hydrogen) atoms. The van der Waals surface area contributed by atoms with Crippen LogP contribution in [0.25, 0.3) is 11.4 Å². The van der Waals surface area contributed by atoms with Crippen molar-refractivity contribution in [3.63, 3.8) is 0 Å². The van der Waals surface area contributed by atoms with E-state index in [4.69, 9.17) is 5.73 Å². The first-order valence-electron chi connectivity index (χ1n) is 5.82. The van der Waals surface area contributed by atoms with Gasteiger partial charge in [-0.15, -0.1) is 5.10 Å². The predicted molar refractivity (Wildman–Crippen MR) is 65.1 cm³/mol. The van der Waals surface area contributed by atoms with Gasteiger partial charge in [0.2, 0.25) is 0 Å². The first kappa shape index (κ1) is 11.1. The third-order valence-electron chi connectivity index (χ3n) is 3.50. The molecule has 1 saturated carbocycles. The maximum absolute atomic E-state index is 13.0. The second kappa shape index (κ2) is 3.51. The number of nitrogens with zero attached hydrogens (tertiary/aromatic N) is 4. The highest BCUT2D eigenvalue weighted by Crippen LogP contribution is 2.55. The van der Waals surface area contributed by atoms with Gasteiger partial charge in [0.1, 0.15) is 5.82 Å². The quantitative estimate of drug-likeness (QED) is 0.824. The molecule has 1 fully saturated rings. The summed E-state index contributed by atoms with van der Waals surface area (Å²) in [4.78, 5) is 0. The topological polar surface area (TPSA) is 69.6 Å². The molecule has 1 aliphatic rings. The Hall–Kier alpha value is -1.98. The summed E-state index contributed by atoms with van der Waals surface area (Å²) in [7, 11) is 0. The van der Waals surface area contributed by atoms with Gasteiger partial charge in [-0.3, -0.25) is 0 Å². The Labute approximate surface area is 104 Å². The van der Waals surface area contributed by atoms with E-state index in [2.05, 4.69) is 29.4 Å². The molecule has 1 atom stereocenters. The highest BCUT2D eigenvalue weighted by molar-refractivity contribution is 5.71. The molecular weight excluding hydrogens is 233 g/mol. The van der Waals surface area contributed by atoms with Gasteiger partial charge < -0.3 is 5.73 Å². The molecule has 2 N–H and O–H groups in total. The number of halogens is 1. The fourth-order valence-electron chi connectivity index (χ4n) is 2.17. The molecule has 0 amide bonds. The zero-order valence-electron chi connectivity index (χ0n) is 10.3. The summed E-state index contributed by atoms with van der Waals surface area (Å²) >= 11 is 0. The van der Waals surface area contributed by atoms with Crippen LogP contribution in [0.1, 0.15) is 26.3 Å². The molecule has 0 radical (unpaired) electrons. The average Bonchev–Trinajstić information content (AvgIpc) is 2.74. The zero-order chi connectivity index (χ0) is 12.9. The molecule has 1 aliphatic carbocycles. The van der Waals surface area contributed by atoms with E-state index in [9.17, 15) is 4.39 Å². The van der Waals surface area contributed by atoms with E-state index < -0.39 is 0 Å². The standard InChI is InChI=1S/C12H14FN5/c1-12(2)6-10(12)18-11(15-16-17-18)8-4-3-7(13)5-9(8)14/h3-5,10H,6,14H2,1-2H3. The third kappa shape index (κ3) is 1.64. The fourth-order valence-corrected chi connectivity index (χ4v) is 2.17. The lowest BCUT2D eigenvalue weighted by atomic mass is 10.1. The van der Waals surface area contributed by atoms with Crippen molar-refractivity contribution in [1.29, 1.82) is 0 Å². The van der Waals surface area contributed by atoms with E-state index in [0.717, 1.165) is 6.42 Å². The molecule has 0 spiro atoms. The highest BCUT2D eigenvalue weighted by Gasteiger charge is 2.49. The van der Waals surface area contributed by atoms with Crippen LogP contribution in [-0.4, -0.2) is 20.2 Å². The normalized spacial score (nSPS) is 20.9. The summed E-state index contributed by atoms with van der Waals surface area (Å²) in [6.07, 6.45) is 1.03. The number of hydrogen-bond donors (Lipinski definition) is 1. The van der Waals surface area contributed by atoms with Crippen LogP contribution >= 0.6 is 0 Å². The van der Waals surface area contributed by atoms with E-state index in [1.165, 1.54) is 12.1 Å². The number of tetrazole rings is 1. The highest BCUT2D eigenvalue weighted by atomic mass is 19.1. The monoisotopic (exact) mass is 247 g/mol. The van der Waals surface area contributed by atoms with E-state index >= 15 is 0 Å². The maximum Gasteiger partial charge on any atom is 0.184 e. The Morgan fingerprint density at radius 2 is 2.17 bits per heavy atom. The first-order valence-corrected chi connectivity index (χ1v) is 5.82. The first-order chi connectivity index (χ1) is 8.49. The SMILES string of the molecule is CC1(C)CC1n1nnnc1-c1ccc(F)cc1N. The number of hydrogen-bond acceptors (Lipinski definition) is 4. The summed E-state index contributed by atoms with van der Waals surface area (Å²) in [5.41, 5.74) is 7.05. The Morgan fingerprint density at radius 1 is 1.44 bits per heavy atom. The lowest BCUT2D eigenvalue weighted by Gasteiger charge is -2.08. The number of rotatable bonds is 2. The largest absolute Gasteiger partial charge is 0.398 e. The lowest BCUT2D eigenvalue weighted by Crippen LogP contribution is -2.06. The number of benzene rings is 1. The Bertz CT molecular complexity index is 604. The minimum Gasteiger partial charge on any atom is -0.398 e. The van der Waals surface area contributed by atoms with Gasteiger partial charge in [-0.05, 0) is 40.5 Å². The van der Waals surface area contributed by atoms with Gasteiger partial charge in [-0.1, -0.05) is 13.8 Å². The van der Waals surface area contributed by atoms with E-state index in [1.807, 2.05) is 0 Å². The molecule has 0 saturated heterocycles. The molecule has 1 unspecified atom stereocenters. The van der Waals surface area contributed by atoms with Crippen molar-refractivity contribution < 1.29 is 4.39 Å².